The Morgan fingerprint density at radius 2 is 1.38 bits per heavy atom. The van der Waals surface area contributed by atoms with E-state index in [-0.39, 0.29) is 0 Å². The second-order valence-electron chi connectivity index (χ2n) is 5.68. The lowest BCUT2D eigenvalue weighted by atomic mass is 10.3. The molecule has 0 aliphatic rings. The molecule has 0 unspecified atom stereocenters. The highest BCUT2D eigenvalue weighted by Crippen LogP contribution is 2.28. The number of hydrogen-bond donors (Lipinski definition) is 0. The lowest BCUT2D eigenvalue weighted by Gasteiger charge is -2.29. The van der Waals surface area contributed by atoms with Crippen LogP contribution in [0.3, 0.4) is 0 Å². The van der Waals surface area contributed by atoms with Gasteiger partial charge >= 0.3 is 12.2 Å². The summed E-state index contributed by atoms with van der Waals surface area (Å²) in [5.41, 5.74) is 0. The topological polar surface area (TPSA) is 77.3 Å². The lowest BCUT2D eigenvalue weighted by molar-refractivity contribution is 0.198. The molecule has 1 aromatic rings. The van der Waals surface area contributed by atoms with Gasteiger partial charge in [0.25, 0.3) is 8.32 Å². The average molecular weight is 350 g/mol. The summed E-state index contributed by atoms with van der Waals surface area (Å²) in [5, 5.41) is 6.67. The number of carbonyl (C=O) groups is 2. The smallest absolute Gasteiger partial charge is 0.458 e. The molecule has 0 fully saturated rings. The van der Waals surface area contributed by atoms with E-state index in [2.05, 4.69) is 31.0 Å². The fourth-order valence-corrected chi connectivity index (χ4v) is 6.99. The summed E-state index contributed by atoms with van der Waals surface area (Å²) in [4.78, 5) is 23.6. The zero-order chi connectivity index (χ0) is 17.8. The van der Waals surface area contributed by atoms with Crippen molar-refractivity contribution in [2.24, 2.45) is 10.2 Å². The number of para-hydroxylation sites is 1. The van der Waals surface area contributed by atoms with Gasteiger partial charge in [0.1, 0.15) is 5.75 Å². The molecular weight excluding hydrogens is 324 g/mol. The van der Waals surface area contributed by atoms with Gasteiger partial charge in [0.2, 0.25) is 0 Å². The van der Waals surface area contributed by atoms with Gasteiger partial charge in [0.05, 0.1) is 0 Å². The number of amides is 2. The van der Waals surface area contributed by atoms with Crippen molar-refractivity contribution in [2.75, 3.05) is 0 Å². The molecule has 24 heavy (non-hydrogen) atoms. The molecule has 0 atom stereocenters. The van der Waals surface area contributed by atoms with Crippen LogP contribution in [-0.2, 0) is 4.43 Å². The van der Waals surface area contributed by atoms with Gasteiger partial charge in [-0.15, -0.1) is 0 Å². The minimum atomic E-state index is -2.16. The average Bonchev–Trinajstić information content (AvgIpc) is 2.55. The van der Waals surface area contributed by atoms with Crippen molar-refractivity contribution in [1.29, 1.82) is 0 Å². The molecule has 132 valence electrons. The van der Waals surface area contributed by atoms with Gasteiger partial charge in [-0.25, -0.2) is 9.59 Å². The first-order chi connectivity index (χ1) is 11.5. The molecule has 0 saturated carbocycles. The number of hydrogen-bond acceptors (Lipinski definition) is 4. The summed E-state index contributed by atoms with van der Waals surface area (Å²) >= 11 is 0. The minimum absolute atomic E-state index is 0.349. The van der Waals surface area contributed by atoms with Crippen molar-refractivity contribution in [1.82, 2.24) is 0 Å². The van der Waals surface area contributed by atoms with Crippen LogP contribution in [0.2, 0.25) is 18.1 Å². The van der Waals surface area contributed by atoms with E-state index in [9.17, 15) is 9.59 Å². The third-order valence-corrected chi connectivity index (χ3v) is 8.42. The van der Waals surface area contributed by atoms with Crippen molar-refractivity contribution < 1.29 is 18.8 Å². The van der Waals surface area contributed by atoms with E-state index < -0.39 is 20.5 Å². The second kappa shape index (κ2) is 10.7. The Morgan fingerprint density at radius 1 is 0.875 bits per heavy atom. The molecule has 0 saturated heterocycles. The molecule has 7 heteroatoms. The maximum atomic E-state index is 12.0. The fourth-order valence-electron chi connectivity index (χ4n) is 2.79. The van der Waals surface area contributed by atoms with Crippen molar-refractivity contribution in [2.45, 2.75) is 58.2 Å². The van der Waals surface area contributed by atoms with Crippen LogP contribution >= 0.6 is 0 Å². The maximum absolute atomic E-state index is 12.0. The Labute approximate surface area is 144 Å². The highest BCUT2D eigenvalue weighted by Gasteiger charge is 2.36. The Morgan fingerprint density at radius 3 is 1.88 bits per heavy atom. The third-order valence-electron chi connectivity index (χ3n) is 3.58. The molecule has 0 aromatic heterocycles. The molecule has 0 aliphatic carbocycles. The first-order valence-electron chi connectivity index (χ1n) is 8.46. The summed E-state index contributed by atoms with van der Waals surface area (Å²) in [6.45, 7) is 6.25. The van der Waals surface area contributed by atoms with E-state index in [0.29, 0.717) is 5.75 Å². The minimum Gasteiger partial charge on any atom is -0.501 e. The van der Waals surface area contributed by atoms with Crippen LogP contribution in [-0.4, -0.2) is 20.5 Å². The molecule has 0 N–H and O–H groups in total. The van der Waals surface area contributed by atoms with Crippen molar-refractivity contribution in [3.8, 4) is 5.75 Å². The molecule has 1 rings (SSSR count). The summed E-state index contributed by atoms with van der Waals surface area (Å²) < 4.78 is 10.6. The Balaban J connectivity index is 2.65. The largest absolute Gasteiger partial charge is 0.501 e. The van der Waals surface area contributed by atoms with E-state index in [1.165, 1.54) is 0 Å². The molecule has 0 heterocycles. The van der Waals surface area contributed by atoms with Crippen molar-refractivity contribution >= 4 is 20.5 Å². The van der Waals surface area contributed by atoms with Gasteiger partial charge in [-0.3, -0.25) is 0 Å². The van der Waals surface area contributed by atoms with Gasteiger partial charge in [-0.05, 0) is 30.3 Å². The summed E-state index contributed by atoms with van der Waals surface area (Å²) in [6, 6.07) is 11.2. The van der Waals surface area contributed by atoms with Gasteiger partial charge in [0, 0.05) is 0 Å². The van der Waals surface area contributed by atoms with Crippen LogP contribution in [0.1, 0.15) is 40.0 Å². The Hall–Kier alpha value is -2.02. The van der Waals surface area contributed by atoms with Crippen LogP contribution in [0.5, 0.6) is 5.75 Å². The third kappa shape index (κ3) is 7.04. The quantitative estimate of drug-likeness (QED) is 0.429. The summed E-state index contributed by atoms with van der Waals surface area (Å²) in [6.07, 6.45) is 1.17. The zero-order valence-corrected chi connectivity index (χ0v) is 15.7. The predicted octanol–water partition coefficient (Wildman–Crippen LogP) is 5.95. The highest BCUT2D eigenvalue weighted by molar-refractivity contribution is 6.75. The first kappa shape index (κ1) is 20.0. The van der Waals surface area contributed by atoms with Gasteiger partial charge in [0.15, 0.2) is 0 Å². The predicted molar refractivity (Wildman–Crippen MR) is 94.9 cm³/mol. The molecule has 6 nitrogen and oxygen atoms in total. The second-order valence-corrected chi connectivity index (χ2v) is 9.75. The standard InChI is InChI=1S/C17H26N2O4Si/c1-4-12-24(13-5-2,14-6-3)23-17(21)19-18-16(20)22-15-10-8-7-9-11-15/h7-11H,4-6,12-14H2,1-3H3/b19-18+. The zero-order valence-electron chi connectivity index (χ0n) is 14.7. The molecule has 1 aromatic carbocycles. The van der Waals surface area contributed by atoms with Crippen LogP contribution in [0, 0.1) is 0 Å². The molecule has 2 amide bonds. The number of azo groups is 1. The van der Waals surface area contributed by atoms with Crippen molar-refractivity contribution in [3.63, 3.8) is 0 Å². The maximum Gasteiger partial charge on any atom is 0.458 e. The first-order valence-corrected chi connectivity index (χ1v) is 11.0. The van der Waals surface area contributed by atoms with Crippen LogP contribution in [0.15, 0.2) is 40.6 Å². The number of nitrogens with zero attached hydrogens (tertiary/aromatic N) is 2. The SMILES string of the molecule is CCC[Si](CCC)(CCC)OC(=O)/N=N/C(=O)Oc1ccccc1. The number of benzene rings is 1. The van der Waals surface area contributed by atoms with Crippen molar-refractivity contribution in [3.05, 3.63) is 30.3 Å². The molecule has 0 spiro atoms. The summed E-state index contributed by atoms with van der Waals surface area (Å²) in [5.74, 6) is 0.349. The van der Waals surface area contributed by atoms with Crippen LogP contribution in [0.25, 0.3) is 0 Å². The van der Waals surface area contributed by atoms with E-state index in [4.69, 9.17) is 9.16 Å². The Bertz CT molecular complexity index is 532. The molecule has 0 bridgehead atoms. The molecule has 0 aliphatic heterocycles. The number of ether oxygens (including phenoxy) is 1. The van der Waals surface area contributed by atoms with E-state index >= 15 is 0 Å². The highest BCUT2D eigenvalue weighted by atomic mass is 28.4. The molecule has 0 radical (unpaired) electrons. The van der Waals surface area contributed by atoms with Gasteiger partial charge < -0.3 is 9.16 Å². The normalized spacial score (nSPS) is 11.5. The number of carbonyl (C=O) groups excluding carboxylic acids is 2. The van der Waals surface area contributed by atoms with E-state index in [0.717, 1.165) is 37.4 Å². The van der Waals surface area contributed by atoms with Gasteiger partial charge in [-0.1, -0.05) is 68.5 Å². The van der Waals surface area contributed by atoms with Gasteiger partial charge in [-0.2, -0.15) is 0 Å². The Kier molecular flexibility index (Phi) is 8.92. The van der Waals surface area contributed by atoms with E-state index in [1.54, 1.807) is 30.3 Å². The van der Waals surface area contributed by atoms with Crippen LogP contribution < -0.4 is 4.74 Å². The van der Waals surface area contributed by atoms with Crippen LogP contribution in [0.4, 0.5) is 9.59 Å². The monoisotopic (exact) mass is 350 g/mol. The fraction of sp³-hybridized carbons (Fsp3) is 0.529. The number of rotatable bonds is 8. The lowest BCUT2D eigenvalue weighted by Crippen LogP contribution is -2.39. The van der Waals surface area contributed by atoms with E-state index in [1.807, 2.05) is 0 Å². The summed E-state index contributed by atoms with van der Waals surface area (Å²) in [7, 11) is -2.16. The molecular formula is C17H26N2O4Si.